The molecule has 0 saturated carbocycles. The number of benzene rings is 1. The molecular formula is C13H18ClNO2. The SMILES string of the molecule is CCc1c(CC(C)N)cc(Cl)c2c1OCCO2. The van der Waals surface area contributed by atoms with Gasteiger partial charge in [0.15, 0.2) is 11.5 Å². The quantitative estimate of drug-likeness (QED) is 0.903. The number of rotatable bonds is 3. The highest BCUT2D eigenvalue weighted by atomic mass is 35.5. The maximum absolute atomic E-state index is 6.21. The second-order valence-electron chi connectivity index (χ2n) is 4.39. The first kappa shape index (κ1) is 12.5. The lowest BCUT2D eigenvalue weighted by Gasteiger charge is -2.24. The van der Waals surface area contributed by atoms with Crippen LogP contribution in [0.1, 0.15) is 25.0 Å². The molecule has 1 aliphatic heterocycles. The topological polar surface area (TPSA) is 44.5 Å². The predicted octanol–water partition coefficient (Wildman–Crippen LogP) is 2.56. The third-order valence-corrected chi connectivity index (χ3v) is 3.14. The van der Waals surface area contributed by atoms with E-state index in [4.69, 9.17) is 26.8 Å². The van der Waals surface area contributed by atoms with Gasteiger partial charge in [0.1, 0.15) is 13.2 Å². The monoisotopic (exact) mass is 255 g/mol. The highest BCUT2D eigenvalue weighted by Crippen LogP contribution is 2.42. The van der Waals surface area contributed by atoms with Crippen molar-refractivity contribution in [1.82, 2.24) is 0 Å². The van der Waals surface area contributed by atoms with Crippen LogP contribution in [0.3, 0.4) is 0 Å². The molecule has 1 heterocycles. The van der Waals surface area contributed by atoms with E-state index in [0.717, 1.165) is 24.2 Å². The Balaban J connectivity index is 2.49. The van der Waals surface area contributed by atoms with Crippen molar-refractivity contribution in [2.24, 2.45) is 5.73 Å². The zero-order valence-electron chi connectivity index (χ0n) is 10.3. The maximum atomic E-state index is 6.21. The van der Waals surface area contributed by atoms with Crippen LogP contribution in [0.15, 0.2) is 6.07 Å². The van der Waals surface area contributed by atoms with Gasteiger partial charge in [-0.15, -0.1) is 0 Å². The minimum atomic E-state index is 0.110. The molecule has 94 valence electrons. The zero-order chi connectivity index (χ0) is 12.4. The van der Waals surface area contributed by atoms with Crippen LogP contribution >= 0.6 is 11.6 Å². The first-order valence-electron chi connectivity index (χ1n) is 5.99. The first-order valence-corrected chi connectivity index (χ1v) is 6.36. The summed E-state index contributed by atoms with van der Waals surface area (Å²) in [6.45, 7) is 5.23. The molecule has 1 atom stereocenters. The van der Waals surface area contributed by atoms with E-state index < -0.39 is 0 Å². The highest BCUT2D eigenvalue weighted by Gasteiger charge is 2.22. The van der Waals surface area contributed by atoms with Gasteiger partial charge in [0.25, 0.3) is 0 Å². The van der Waals surface area contributed by atoms with Gasteiger partial charge >= 0.3 is 0 Å². The molecule has 1 aliphatic rings. The average molecular weight is 256 g/mol. The van der Waals surface area contributed by atoms with Gasteiger partial charge in [-0.05, 0) is 31.4 Å². The van der Waals surface area contributed by atoms with Gasteiger partial charge in [-0.25, -0.2) is 0 Å². The van der Waals surface area contributed by atoms with E-state index in [1.807, 2.05) is 13.0 Å². The van der Waals surface area contributed by atoms with E-state index in [0.29, 0.717) is 24.0 Å². The summed E-state index contributed by atoms with van der Waals surface area (Å²) in [5.41, 5.74) is 8.19. The number of fused-ring (bicyclic) bond motifs is 1. The van der Waals surface area contributed by atoms with Crippen molar-refractivity contribution in [1.29, 1.82) is 0 Å². The molecule has 1 unspecified atom stereocenters. The molecule has 17 heavy (non-hydrogen) atoms. The summed E-state index contributed by atoms with van der Waals surface area (Å²) in [7, 11) is 0. The molecule has 0 bridgehead atoms. The Morgan fingerprint density at radius 2 is 2.00 bits per heavy atom. The van der Waals surface area contributed by atoms with E-state index in [2.05, 4.69) is 6.92 Å². The third-order valence-electron chi connectivity index (χ3n) is 2.86. The summed E-state index contributed by atoms with van der Waals surface area (Å²) >= 11 is 6.21. The molecule has 4 heteroatoms. The van der Waals surface area contributed by atoms with Crippen LogP contribution in [0.5, 0.6) is 11.5 Å². The van der Waals surface area contributed by atoms with Crippen LogP contribution in [0.2, 0.25) is 5.02 Å². The van der Waals surface area contributed by atoms with Gasteiger partial charge in [0.2, 0.25) is 0 Å². The second kappa shape index (κ2) is 5.15. The third kappa shape index (κ3) is 2.50. The minimum absolute atomic E-state index is 0.110. The standard InChI is InChI=1S/C13H18ClNO2/c1-3-10-9(6-8(2)15)7-11(14)13-12(10)16-4-5-17-13/h7-8H,3-6,15H2,1-2H3. The van der Waals surface area contributed by atoms with Crippen molar-refractivity contribution in [2.75, 3.05) is 13.2 Å². The molecule has 2 N–H and O–H groups in total. The lowest BCUT2D eigenvalue weighted by molar-refractivity contribution is 0.170. The second-order valence-corrected chi connectivity index (χ2v) is 4.79. The summed E-state index contributed by atoms with van der Waals surface area (Å²) in [6, 6.07) is 2.07. The Labute approximate surface area is 107 Å². The van der Waals surface area contributed by atoms with Crippen LogP contribution in [-0.2, 0) is 12.8 Å². The fourth-order valence-electron chi connectivity index (χ4n) is 2.19. The first-order chi connectivity index (χ1) is 8.13. The van der Waals surface area contributed by atoms with E-state index >= 15 is 0 Å². The summed E-state index contributed by atoms with van der Waals surface area (Å²) in [5, 5.41) is 0.618. The summed E-state index contributed by atoms with van der Waals surface area (Å²) in [4.78, 5) is 0. The molecule has 0 spiro atoms. The van der Waals surface area contributed by atoms with Crippen LogP contribution in [0.25, 0.3) is 0 Å². The van der Waals surface area contributed by atoms with E-state index in [1.165, 1.54) is 5.56 Å². The Kier molecular flexibility index (Phi) is 3.79. The predicted molar refractivity (Wildman–Crippen MR) is 69.2 cm³/mol. The Bertz CT molecular complexity index is 418. The van der Waals surface area contributed by atoms with Gasteiger partial charge in [0.05, 0.1) is 5.02 Å². The van der Waals surface area contributed by atoms with Crippen molar-refractivity contribution >= 4 is 11.6 Å². The molecule has 0 aliphatic carbocycles. The molecule has 0 saturated heterocycles. The van der Waals surface area contributed by atoms with Gasteiger partial charge < -0.3 is 15.2 Å². The minimum Gasteiger partial charge on any atom is -0.486 e. The smallest absolute Gasteiger partial charge is 0.180 e. The molecule has 3 nitrogen and oxygen atoms in total. The number of nitrogens with two attached hydrogens (primary N) is 1. The largest absolute Gasteiger partial charge is 0.486 e. The summed E-state index contributed by atoms with van der Waals surface area (Å²) in [6.07, 6.45) is 1.70. The van der Waals surface area contributed by atoms with Crippen LogP contribution in [0.4, 0.5) is 0 Å². The van der Waals surface area contributed by atoms with Crippen molar-refractivity contribution < 1.29 is 9.47 Å². The van der Waals surface area contributed by atoms with Crippen LogP contribution in [-0.4, -0.2) is 19.3 Å². The number of halogens is 1. The van der Waals surface area contributed by atoms with Crippen molar-refractivity contribution in [3.63, 3.8) is 0 Å². The van der Waals surface area contributed by atoms with E-state index in [1.54, 1.807) is 0 Å². The Morgan fingerprint density at radius 3 is 2.59 bits per heavy atom. The normalized spacial score (nSPS) is 15.8. The lowest BCUT2D eigenvalue weighted by atomic mass is 9.97. The fourth-order valence-corrected chi connectivity index (χ4v) is 2.46. The summed E-state index contributed by atoms with van der Waals surface area (Å²) in [5.74, 6) is 1.49. The van der Waals surface area contributed by atoms with Crippen LogP contribution < -0.4 is 15.2 Å². The molecule has 2 rings (SSSR count). The van der Waals surface area contributed by atoms with Crippen molar-refractivity contribution in [3.8, 4) is 11.5 Å². The fraction of sp³-hybridized carbons (Fsp3) is 0.538. The Morgan fingerprint density at radius 1 is 1.35 bits per heavy atom. The molecule has 0 amide bonds. The molecule has 1 aromatic carbocycles. The molecule has 1 aromatic rings. The molecule has 0 aromatic heterocycles. The molecular weight excluding hydrogens is 238 g/mol. The van der Waals surface area contributed by atoms with E-state index in [9.17, 15) is 0 Å². The van der Waals surface area contributed by atoms with E-state index in [-0.39, 0.29) is 6.04 Å². The van der Waals surface area contributed by atoms with Gasteiger partial charge in [0, 0.05) is 11.6 Å². The van der Waals surface area contributed by atoms with Gasteiger partial charge in [-0.3, -0.25) is 0 Å². The zero-order valence-corrected chi connectivity index (χ0v) is 11.0. The number of hydrogen-bond donors (Lipinski definition) is 1. The van der Waals surface area contributed by atoms with Crippen molar-refractivity contribution in [3.05, 3.63) is 22.2 Å². The van der Waals surface area contributed by atoms with Gasteiger partial charge in [-0.2, -0.15) is 0 Å². The lowest BCUT2D eigenvalue weighted by Crippen LogP contribution is -2.21. The summed E-state index contributed by atoms with van der Waals surface area (Å²) < 4.78 is 11.3. The average Bonchev–Trinajstić information content (AvgIpc) is 2.29. The maximum Gasteiger partial charge on any atom is 0.180 e. The Hall–Kier alpha value is -0.930. The molecule has 0 radical (unpaired) electrons. The number of ether oxygens (including phenoxy) is 2. The number of hydrogen-bond acceptors (Lipinski definition) is 3. The van der Waals surface area contributed by atoms with Gasteiger partial charge in [-0.1, -0.05) is 18.5 Å². The molecule has 0 fully saturated rings. The van der Waals surface area contributed by atoms with Crippen LogP contribution in [0, 0.1) is 0 Å². The van der Waals surface area contributed by atoms with Crippen molar-refractivity contribution in [2.45, 2.75) is 32.7 Å². The highest BCUT2D eigenvalue weighted by molar-refractivity contribution is 6.32.